The second kappa shape index (κ2) is 6.36. The number of esters is 1. The molecule has 1 aliphatic rings. The summed E-state index contributed by atoms with van der Waals surface area (Å²) in [5.74, 6) is -0.791. The van der Waals surface area contributed by atoms with Gasteiger partial charge >= 0.3 is 5.97 Å². The first kappa shape index (κ1) is 14.3. The van der Waals surface area contributed by atoms with Crippen molar-refractivity contribution in [2.45, 2.75) is 32.2 Å². The van der Waals surface area contributed by atoms with Crippen LogP contribution in [-0.4, -0.2) is 36.1 Å². The molecule has 1 aromatic rings. The minimum atomic E-state index is -0.573. The van der Waals surface area contributed by atoms with E-state index in [0.717, 1.165) is 31.5 Å². The van der Waals surface area contributed by atoms with Gasteiger partial charge in [0.15, 0.2) is 0 Å². The summed E-state index contributed by atoms with van der Waals surface area (Å²) in [6, 6.07) is 3.11. The van der Waals surface area contributed by atoms with Crippen molar-refractivity contribution >= 4 is 17.6 Å². The second-order valence-electron chi connectivity index (χ2n) is 4.72. The van der Waals surface area contributed by atoms with E-state index in [1.807, 2.05) is 4.90 Å². The average Bonchev–Trinajstić information content (AvgIpc) is 2.47. The first-order valence-electron chi connectivity index (χ1n) is 6.82. The average molecular weight is 277 g/mol. The van der Waals surface area contributed by atoms with Gasteiger partial charge in [0.1, 0.15) is 11.7 Å². The van der Waals surface area contributed by atoms with Crippen LogP contribution in [0.3, 0.4) is 0 Å². The molecule has 6 nitrogen and oxygen atoms in total. The number of hydrogen-bond acceptors (Lipinski definition) is 5. The summed E-state index contributed by atoms with van der Waals surface area (Å²) in [4.78, 5) is 29.1. The molecule has 6 heteroatoms. The summed E-state index contributed by atoms with van der Waals surface area (Å²) in [5.41, 5.74) is 6.23. The molecule has 0 radical (unpaired) electrons. The molecule has 2 N–H and O–H groups in total. The normalized spacial score (nSPS) is 18.6. The third-order valence-electron chi connectivity index (χ3n) is 3.39. The van der Waals surface area contributed by atoms with E-state index in [2.05, 4.69) is 4.98 Å². The number of hydrogen-bond donors (Lipinski definition) is 1. The van der Waals surface area contributed by atoms with Crippen molar-refractivity contribution in [3.8, 4) is 0 Å². The smallest absolute Gasteiger partial charge is 0.328 e. The Morgan fingerprint density at radius 3 is 3.00 bits per heavy atom. The van der Waals surface area contributed by atoms with E-state index in [4.69, 9.17) is 10.5 Å². The monoisotopic (exact) mass is 277 g/mol. The van der Waals surface area contributed by atoms with Crippen LogP contribution in [0.2, 0.25) is 0 Å². The lowest BCUT2D eigenvalue weighted by molar-refractivity contribution is -0.145. The Balaban J connectivity index is 2.25. The fourth-order valence-corrected chi connectivity index (χ4v) is 2.46. The molecule has 1 aromatic heterocycles. The molecule has 1 atom stereocenters. The van der Waals surface area contributed by atoms with Gasteiger partial charge in [-0.15, -0.1) is 0 Å². The van der Waals surface area contributed by atoms with Crippen LogP contribution in [0.25, 0.3) is 0 Å². The summed E-state index contributed by atoms with van der Waals surface area (Å²) >= 11 is 0. The van der Waals surface area contributed by atoms with Gasteiger partial charge in [0.05, 0.1) is 6.61 Å². The van der Waals surface area contributed by atoms with Crippen molar-refractivity contribution in [1.82, 2.24) is 4.98 Å². The number of pyridine rings is 1. The van der Waals surface area contributed by atoms with E-state index in [0.29, 0.717) is 6.61 Å². The number of anilines is 1. The SMILES string of the molecule is CCOC(=O)C1CCCCN1c1ccnc(C(N)=O)c1. The van der Waals surface area contributed by atoms with E-state index < -0.39 is 5.91 Å². The summed E-state index contributed by atoms with van der Waals surface area (Å²) in [6.45, 7) is 2.92. The van der Waals surface area contributed by atoms with E-state index in [9.17, 15) is 9.59 Å². The van der Waals surface area contributed by atoms with Crippen molar-refractivity contribution in [2.24, 2.45) is 5.73 Å². The molecular weight excluding hydrogens is 258 g/mol. The number of rotatable bonds is 4. The summed E-state index contributed by atoms with van der Waals surface area (Å²) < 4.78 is 5.12. The molecule has 2 heterocycles. The Bertz CT molecular complexity index is 504. The van der Waals surface area contributed by atoms with Crippen molar-refractivity contribution < 1.29 is 14.3 Å². The van der Waals surface area contributed by atoms with Crippen molar-refractivity contribution in [1.29, 1.82) is 0 Å². The molecule has 1 unspecified atom stereocenters. The van der Waals surface area contributed by atoms with Gasteiger partial charge in [0.25, 0.3) is 5.91 Å². The Hall–Kier alpha value is -2.11. The van der Waals surface area contributed by atoms with Crippen molar-refractivity contribution in [3.05, 3.63) is 24.0 Å². The fourth-order valence-electron chi connectivity index (χ4n) is 2.46. The number of aromatic nitrogens is 1. The Labute approximate surface area is 117 Å². The van der Waals surface area contributed by atoms with Gasteiger partial charge in [-0.05, 0) is 38.3 Å². The molecular formula is C14H19N3O3. The summed E-state index contributed by atoms with van der Waals surface area (Å²) in [7, 11) is 0. The number of ether oxygens (including phenoxy) is 1. The molecule has 1 saturated heterocycles. The number of amides is 1. The number of primary amides is 1. The molecule has 0 aliphatic carbocycles. The van der Waals surface area contributed by atoms with Gasteiger partial charge in [-0.1, -0.05) is 0 Å². The van der Waals surface area contributed by atoms with Crippen LogP contribution in [0.15, 0.2) is 18.3 Å². The number of piperidine rings is 1. The highest BCUT2D eigenvalue weighted by Gasteiger charge is 2.30. The van der Waals surface area contributed by atoms with Gasteiger partial charge < -0.3 is 15.4 Å². The van der Waals surface area contributed by atoms with Gasteiger partial charge in [0.2, 0.25) is 0 Å². The van der Waals surface area contributed by atoms with E-state index >= 15 is 0 Å². The van der Waals surface area contributed by atoms with Crippen LogP contribution in [0, 0.1) is 0 Å². The number of nitrogens with two attached hydrogens (primary N) is 1. The highest BCUT2D eigenvalue weighted by molar-refractivity contribution is 5.92. The largest absolute Gasteiger partial charge is 0.464 e. The summed E-state index contributed by atoms with van der Waals surface area (Å²) in [6.07, 6.45) is 4.29. The molecule has 20 heavy (non-hydrogen) atoms. The first-order chi connectivity index (χ1) is 9.63. The van der Waals surface area contributed by atoms with Gasteiger partial charge in [-0.3, -0.25) is 9.78 Å². The number of carbonyl (C=O) groups excluding carboxylic acids is 2. The van der Waals surface area contributed by atoms with Gasteiger partial charge in [0, 0.05) is 18.4 Å². The minimum Gasteiger partial charge on any atom is -0.464 e. The van der Waals surface area contributed by atoms with Crippen molar-refractivity contribution in [2.75, 3.05) is 18.1 Å². The fraction of sp³-hybridized carbons (Fsp3) is 0.500. The number of nitrogens with zero attached hydrogens (tertiary/aromatic N) is 2. The van der Waals surface area contributed by atoms with Crippen LogP contribution >= 0.6 is 0 Å². The zero-order valence-electron chi connectivity index (χ0n) is 11.5. The number of carbonyl (C=O) groups is 2. The third kappa shape index (κ3) is 3.07. The molecule has 2 rings (SSSR count). The maximum absolute atomic E-state index is 12.0. The Morgan fingerprint density at radius 2 is 2.30 bits per heavy atom. The van der Waals surface area contributed by atoms with E-state index in [-0.39, 0.29) is 17.7 Å². The van der Waals surface area contributed by atoms with Gasteiger partial charge in [-0.2, -0.15) is 0 Å². The van der Waals surface area contributed by atoms with Crippen LogP contribution in [-0.2, 0) is 9.53 Å². The van der Waals surface area contributed by atoms with Crippen LogP contribution in [0.5, 0.6) is 0 Å². The quantitative estimate of drug-likeness (QED) is 0.833. The summed E-state index contributed by atoms with van der Waals surface area (Å²) in [5, 5.41) is 0. The van der Waals surface area contributed by atoms with Crippen LogP contribution < -0.4 is 10.6 Å². The lowest BCUT2D eigenvalue weighted by atomic mass is 10.0. The van der Waals surface area contributed by atoms with Gasteiger partial charge in [-0.25, -0.2) is 4.79 Å². The standard InChI is InChI=1S/C14H19N3O3/c1-2-20-14(19)12-5-3-4-8-17(12)10-6-7-16-11(9-10)13(15)18/h6-7,9,12H,2-5,8H2,1H3,(H2,15,18). The topological polar surface area (TPSA) is 85.5 Å². The molecule has 0 spiro atoms. The lowest BCUT2D eigenvalue weighted by Gasteiger charge is -2.35. The second-order valence-corrected chi connectivity index (χ2v) is 4.72. The van der Waals surface area contributed by atoms with E-state index in [1.54, 1.807) is 19.1 Å². The maximum atomic E-state index is 12.0. The predicted molar refractivity (Wildman–Crippen MR) is 74.4 cm³/mol. The molecule has 1 fully saturated rings. The Kier molecular flexibility index (Phi) is 4.55. The lowest BCUT2D eigenvalue weighted by Crippen LogP contribution is -2.45. The molecule has 1 amide bonds. The Morgan fingerprint density at radius 1 is 1.50 bits per heavy atom. The molecule has 0 saturated carbocycles. The zero-order valence-corrected chi connectivity index (χ0v) is 11.5. The highest BCUT2D eigenvalue weighted by atomic mass is 16.5. The third-order valence-corrected chi connectivity index (χ3v) is 3.39. The first-order valence-corrected chi connectivity index (χ1v) is 6.82. The predicted octanol–water partition coefficient (Wildman–Crippen LogP) is 1.10. The van der Waals surface area contributed by atoms with Crippen LogP contribution in [0.4, 0.5) is 5.69 Å². The molecule has 1 aliphatic heterocycles. The molecule has 0 bridgehead atoms. The van der Waals surface area contributed by atoms with Crippen LogP contribution in [0.1, 0.15) is 36.7 Å². The minimum absolute atomic E-state index is 0.204. The van der Waals surface area contributed by atoms with E-state index in [1.165, 1.54) is 6.20 Å². The van der Waals surface area contributed by atoms with Crippen molar-refractivity contribution in [3.63, 3.8) is 0 Å². The maximum Gasteiger partial charge on any atom is 0.328 e. The zero-order chi connectivity index (χ0) is 14.5. The molecule has 0 aromatic carbocycles. The molecule has 108 valence electrons. The highest BCUT2D eigenvalue weighted by Crippen LogP contribution is 2.25.